The van der Waals surface area contributed by atoms with Crippen molar-refractivity contribution < 1.29 is 4.79 Å². The third-order valence-electron chi connectivity index (χ3n) is 3.78. The summed E-state index contributed by atoms with van der Waals surface area (Å²) >= 11 is 0. The summed E-state index contributed by atoms with van der Waals surface area (Å²) in [4.78, 5) is 14.3. The van der Waals surface area contributed by atoms with Crippen molar-refractivity contribution in [2.75, 3.05) is 19.6 Å². The number of nitrogens with two attached hydrogens (primary N) is 1. The molecule has 0 bridgehead atoms. The first kappa shape index (κ1) is 12.9. The molecule has 0 aliphatic carbocycles. The molecule has 1 heterocycles. The summed E-state index contributed by atoms with van der Waals surface area (Å²) in [6.45, 7) is 1.92. The number of hydrogen-bond acceptors (Lipinski definition) is 2. The lowest BCUT2D eigenvalue weighted by Gasteiger charge is -2.28. The Hall–Kier alpha value is -2.13. The standard InChI is InChI=1S/C17H18N2O/c18-9-11-19-10-8-14-6-7-15(12-16(14)17(19)20)13-4-2-1-3-5-13/h1-7,12H,8-11,18H2. The quantitative estimate of drug-likeness (QED) is 0.926. The van der Waals surface area contributed by atoms with Crippen molar-refractivity contribution in [3.63, 3.8) is 0 Å². The average Bonchev–Trinajstić information content (AvgIpc) is 2.51. The molecule has 2 aromatic rings. The Labute approximate surface area is 119 Å². The van der Waals surface area contributed by atoms with Crippen LogP contribution in [0.1, 0.15) is 15.9 Å². The van der Waals surface area contributed by atoms with E-state index in [1.165, 1.54) is 0 Å². The fourth-order valence-electron chi connectivity index (χ4n) is 2.70. The SMILES string of the molecule is NCCN1CCc2ccc(-c3ccccc3)cc2C1=O. The maximum atomic E-state index is 12.5. The van der Waals surface area contributed by atoms with Crippen molar-refractivity contribution in [1.82, 2.24) is 4.90 Å². The highest BCUT2D eigenvalue weighted by atomic mass is 16.2. The molecular weight excluding hydrogens is 248 g/mol. The van der Waals surface area contributed by atoms with Crippen LogP contribution in [0, 0.1) is 0 Å². The topological polar surface area (TPSA) is 46.3 Å². The molecule has 1 aliphatic heterocycles. The van der Waals surface area contributed by atoms with E-state index in [2.05, 4.69) is 24.3 Å². The molecule has 1 amide bonds. The second-order valence-corrected chi connectivity index (χ2v) is 5.07. The normalized spacial score (nSPS) is 14.2. The number of nitrogens with zero attached hydrogens (tertiary/aromatic N) is 1. The van der Waals surface area contributed by atoms with E-state index in [-0.39, 0.29) is 5.91 Å². The van der Waals surface area contributed by atoms with Crippen LogP contribution >= 0.6 is 0 Å². The van der Waals surface area contributed by atoms with Crippen LogP contribution in [-0.4, -0.2) is 30.4 Å². The lowest BCUT2D eigenvalue weighted by molar-refractivity contribution is 0.0745. The Morgan fingerprint density at radius 1 is 1.05 bits per heavy atom. The van der Waals surface area contributed by atoms with Crippen molar-refractivity contribution >= 4 is 5.91 Å². The Morgan fingerprint density at radius 3 is 2.60 bits per heavy atom. The molecule has 0 saturated carbocycles. The summed E-state index contributed by atoms with van der Waals surface area (Å²) in [5, 5.41) is 0. The minimum absolute atomic E-state index is 0.106. The second kappa shape index (κ2) is 5.47. The summed E-state index contributed by atoms with van der Waals surface area (Å²) in [6, 6.07) is 16.3. The van der Waals surface area contributed by atoms with Gasteiger partial charge in [-0.3, -0.25) is 4.79 Å². The minimum atomic E-state index is 0.106. The number of carbonyl (C=O) groups is 1. The molecule has 3 heteroatoms. The van der Waals surface area contributed by atoms with Crippen molar-refractivity contribution in [3.05, 3.63) is 59.7 Å². The number of rotatable bonds is 3. The molecule has 2 N–H and O–H groups in total. The van der Waals surface area contributed by atoms with Crippen LogP contribution in [-0.2, 0) is 6.42 Å². The maximum Gasteiger partial charge on any atom is 0.254 e. The van der Waals surface area contributed by atoms with Gasteiger partial charge in [0.25, 0.3) is 5.91 Å². The van der Waals surface area contributed by atoms with Crippen molar-refractivity contribution in [2.45, 2.75) is 6.42 Å². The minimum Gasteiger partial charge on any atom is -0.337 e. The zero-order valence-corrected chi connectivity index (χ0v) is 11.4. The zero-order valence-electron chi connectivity index (χ0n) is 11.4. The lowest BCUT2D eigenvalue weighted by atomic mass is 9.94. The highest BCUT2D eigenvalue weighted by molar-refractivity contribution is 5.98. The second-order valence-electron chi connectivity index (χ2n) is 5.07. The third-order valence-corrected chi connectivity index (χ3v) is 3.78. The van der Waals surface area contributed by atoms with E-state index in [0.717, 1.165) is 35.2 Å². The van der Waals surface area contributed by atoms with Crippen molar-refractivity contribution in [1.29, 1.82) is 0 Å². The Kier molecular flexibility index (Phi) is 3.52. The van der Waals surface area contributed by atoms with Gasteiger partial charge in [0.1, 0.15) is 0 Å². The summed E-state index contributed by atoms with van der Waals surface area (Å²) < 4.78 is 0. The maximum absolute atomic E-state index is 12.5. The molecule has 0 unspecified atom stereocenters. The molecule has 102 valence electrons. The molecule has 0 spiro atoms. The van der Waals surface area contributed by atoms with Crippen molar-refractivity contribution in [3.8, 4) is 11.1 Å². The molecule has 0 radical (unpaired) electrons. The first-order chi connectivity index (χ1) is 9.79. The Morgan fingerprint density at radius 2 is 1.85 bits per heavy atom. The highest BCUT2D eigenvalue weighted by Gasteiger charge is 2.23. The first-order valence-electron chi connectivity index (χ1n) is 6.97. The largest absolute Gasteiger partial charge is 0.337 e. The Bertz CT molecular complexity index is 622. The predicted octanol–water partition coefficient (Wildman–Crippen LogP) is 2.31. The molecule has 1 aliphatic rings. The molecule has 0 fully saturated rings. The summed E-state index contributed by atoms with van der Waals surface area (Å²) in [5.74, 6) is 0.106. The number of benzene rings is 2. The van der Waals surface area contributed by atoms with Crippen LogP contribution < -0.4 is 5.73 Å². The van der Waals surface area contributed by atoms with Gasteiger partial charge < -0.3 is 10.6 Å². The zero-order chi connectivity index (χ0) is 13.9. The van der Waals surface area contributed by atoms with Gasteiger partial charge in [-0.05, 0) is 29.2 Å². The van der Waals surface area contributed by atoms with Gasteiger partial charge in [0.2, 0.25) is 0 Å². The number of fused-ring (bicyclic) bond motifs is 1. The van der Waals surface area contributed by atoms with Crippen molar-refractivity contribution in [2.24, 2.45) is 5.73 Å². The van der Waals surface area contributed by atoms with E-state index in [1.807, 2.05) is 29.2 Å². The van der Waals surface area contributed by atoms with E-state index < -0.39 is 0 Å². The van der Waals surface area contributed by atoms with E-state index >= 15 is 0 Å². The first-order valence-corrected chi connectivity index (χ1v) is 6.97. The molecule has 20 heavy (non-hydrogen) atoms. The number of carbonyl (C=O) groups excluding carboxylic acids is 1. The average molecular weight is 266 g/mol. The van der Waals surface area contributed by atoms with Gasteiger partial charge in [-0.15, -0.1) is 0 Å². The Balaban J connectivity index is 1.98. The van der Waals surface area contributed by atoms with Crippen LogP contribution in [0.4, 0.5) is 0 Å². The van der Waals surface area contributed by atoms with Crippen LogP contribution in [0.25, 0.3) is 11.1 Å². The summed E-state index contributed by atoms with van der Waals surface area (Å²) in [6.07, 6.45) is 0.913. The van der Waals surface area contributed by atoms with E-state index in [9.17, 15) is 4.79 Å². The van der Waals surface area contributed by atoms with E-state index in [1.54, 1.807) is 0 Å². The molecule has 3 rings (SSSR count). The monoisotopic (exact) mass is 266 g/mol. The number of amides is 1. The van der Waals surface area contributed by atoms with Crippen LogP contribution in [0.15, 0.2) is 48.5 Å². The predicted molar refractivity (Wildman–Crippen MR) is 80.5 cm³/mol. The van der Waals surface area contributed by atoms with Gasteiger partial charge >= 0.3 is 0 Å². The van der Waals surface area contributed by atoms with Crippen LogP contribution in [0.5, 0.6) is 0 Å². The van der Waals surface area contributed by atoms with Crippen LogP contribution in [0.3, 0.4) is 0 Å². The van der Waals surface area contributed by atoms with Gasteiger partial charge in [0.05, 0.1) is 0 Å². The van der Waals surface area contributed by atoms with Gasteiger partial charge in [-0.25, -0.2) is 0 Å². The highest BCUT2D eigenvalue weighted by Crippen LogP contribution is 2.26. The summed E-state index contributed by atoms with van der Waals surface area (Å²) in [7, 11) is 0. The third kappa shape index (κ3) is 2.32. The smallest absolute Gasteiger partial charge is 0.254 e. The van der Waals surface area contributed by atoms with Gasteiger partial charge in [0.15, 0.2) is 0 Å². The van der Waals surface area contributed by atoms with E-state index in [4.69, 9.17) is 5.73 Å². The van der Waals surface area contributed by atoms with E-state index in [0.29, 0.717) is 13.1 Å². The molecule has 0 atom stereocenters. The molecular formula is C17H18N2O. The summed E-state index contributed by atoms with van der Waals surface area (Å²) in [5.41, 5.74) is 9.76. The van der Waals surface area contributed by atoms with Gasteiger partial charge in [-0.1, -0.05) is 42.5 Å². The fourth-order valence-corrected chi connectivity index (χ4v) is 2.70. The molecule has 0 aromatic heterocycles. The van der Waals surface area contributed by atoms with Gasteiger partial charge in [0, 0.05) is 25.2 Å². The molecule has 3 nitrogen and oxygen atoms in total. The molecule has 2 aromatic carbocycles. The lowest BCUT2D eigenvalue weighted by Crippen LogP contribution is -2.40. The van der Waals surface area contributed by atoms with Gasteiger partial charge in [-0.2, -0.15) is 0 Å². The number of hydrogen-bond donors (Lipinski definition) is 1. The molecule has 0 saturated heterocycles. The van der Waals surface area contributed by atoms with Crippen LogP contribution in [0.2, 0.25) is 0 Å². The fraction of sp³-hybridized carbons (Fsp3) is 0.235.